The zero-order valence-electron chi connectivity index (χ0n) is 19.1. The lowest BCUT2D eigenvalue weighted by molar-refractivity contribution is -0.326. The van der Waals surface area contributed by atoms with Crippen molar-refractivity contribution in [3.8, 4) is 0 Å². The van der Waals surface area contributed by atoms with Crippen molar-refractivity contribution >= 4 is 11.9 Å². The van der Waals surface area contributed by atoms with Crippen LogP contribution in [0.2, 0.25) is 0 Å². The van der Waals surface area contributed by atoms with Crippen molar-refractivity contribution in [1.82, 2.24) is 0 Å². The molecule has 0 spiro atoms. The zero-order chi connectivity index (χ0) is 27.8. The van der Waals surface area contributed by atoms with Gasteiger partial charge in [0.2, 0.25) is 0 Å². The number of hydrogen-bond donors (Lipinski definition) is 1. The number of aliphatic hydroxyl groups is 1. The average Bonchev–Trinajstić information content (AvgIpc) is 2.81. The summed E-state index contributed by atoms with van der Waals surface area (Å²) in [5.74, 6) is -6.10. The number of nitrogens with zero attached hydrogens (tertiary/aromatic N) is 12. The lowest BCUT2D eigenvalue weighted by Crippen LogP contribution is -2.65. The van der Waals surface area contributed by atoms with Gasteiger partial charge in [0.05, 0.1) is 24.7 Å². The maximum absolute atomic E-state index is 15.1. The van der Waals surface area contributed by atoms with Gasteiger partial charge in [0.1, 0.15) is 24.4 Å². The van der Waals surface area contributed by atoms with Crippen LogP contribution in [0.3, 0.4) is 0 Å². The molecule has 9 atom stereocenters. The number of aliphatic hydroxyl groups excluding tert-OH is 1. The van der Waals surface area contributed by atoms with Gasteiger partial charge in [0.15, 0.2) is 12.4 Å². The Hall–Kier alpha value is -4.08. The second-order valence-corrected chi connectivity index (χ2v) is 7.75. The monoisotopic (exact) mass is 530 g/mol. The molecule has 1 aliphatic heterocycles. The largest absolute Gasteiger partial charge is 0.459 e. The molecule has 0 radical (unpaired) electrons. The van der Waals surface area contributed by atoms with Crippen molar-refractivity contribution in [1.29, 1.82) is 0 Å². The molecular formula is C16H20F2N12O7. The Labute approximate surface area is 205 Å². The summed E-state index contributed by atoms with van der Waals surface area (Å²) in [6, 6.07) is -4.59. The Morgan fingerprint density at radius 1 is 0.973 bits per heavy atom. The van der Waals surface area contributed by atoms with Gasteiger partial charge in [0.25, 0.3) is 0 Å². The molecule has 0 amide bonds. The molecule has 2 aliphatic rings. The van der Waals surface area contributed by atoms with Crippen LogP contribution in [0.15, 0.2) is 20.5 Å². The summed E-state index contributed by atoms with van der Waals surface area (Å²) < 4.78 is 50.8. The lowest BCUT2D eigenvalue weighted by atomic mass is 9.84. The minimum absolute atomic E-state index is 0.321. The van der Waals surface area contributed by atoms with Gasteiger partial charge in [-0.25, -0.2) is 0 Å². The predicted molar refractivity (Wildman–Crippen MR) is 113 cm³/mol. The summed E-state index contributed by atoms with van der Waals surface area (Å²) in [7, 11) is 0. The number of carbonyl (C=O) groups excluding carboxylic acids is 2. The molecule has 21 heteroatoms. The van der Waals surface area contributed by atoms with Crippen molar-refractivity contribution in [3.63, 3.8) is 0 Å². The first-order chi connectivity index (χ1) is 17.5. The van der Waals surface area contributed by atoms with E-state index in [1.54, 1.807) is 0 Å². The third kappa shape index (κ3) is 6.78. The number of rotatable bonds is 9. The normalized spacial score (nSPS) is 34.2. The summed E-state index contributed by atoms with van der Waals surface area (Å²) in [5.41, 5.74) is 35.3. The minimum atomic E-state index is -4.04. The van der Waals surface area contributed by atoms with Crippen LogP contribution in [0.5, 0.6) is 0 Å². The highest BCUT2D eigenvalue weighted by atomic mass is 19.3. The first-order valence-electron chi connectivity index (χ1n) is 10.4. The Bertz CT molecular complexity index is 1070. The fourth-order valence-corrected chi connectivity index (χ4v) is 3.96. The molecule has 2 rings (SSSR count). The van der Waals surface area contributed by atoms with Gasteiger partial charge in [-0.3, -0.25) is 9.59 Å². The SMILES string of the molecule is CC(=O)OC1C(N=[N+]=[N-])CC(N=[N+]=[N-])C(OC2OC(CN=[N+]=[N-])C(F)(F)C(OC(C)=O)C2N=[N+]=[N-])C1O. The van der Waals surface area contributed by atoms with Gasteiger partial charge in [-0.2, -0.15) is 8.78 Å². The molecule has 0 bridgehead atoms. The topological polar surface area (TPSA) is 286 Å². The van der Waals surface area contributed by atoms with Crippen LogP contribution in [0.4, 0.5) is 8.78 Å². The summed E-state index contributed by atoms with van der Waals surface area (Å²) in [4.78, 5) is 33.2. The number of azide groups is 4. The summed E-state index contributed by atoms with van der Waals surface area (Å²) >= 11 is 0. The van der Waals surface area contributed by atoms with E-state index >= 15 is 8.78 Å². The molecule has 1 saturated heterocycles. The van der Waals surface area contributed by atoms with Crippen molar-refractivity contribution in [2.45, 2.75) is 81.1 Å². The third-order valence-electron chi connectivity index (χ3n) is 5.39. The van der Waals surface area contributed by atoms with Gasteiger partial charge in [-0.05, 0) is 28.5 Å². The molecule has 1 saturated carbocycles. The van der Waals surface area contributed by atoms with Crippen molar-refractivity contribution < 1.29 is 42.4 Å². The fraction of sp³-hybridized carbons (Fsp3) is 0.875. The van der Waals surface area contributed by atoms with Crippen LogP contribution in [0, 0.1) is 0 Å². The van der Waals surface area contributed by atoms with E-state index in [2.05, 4.69) is 40.1 Å². The van der Waals surface area contributed by atoms with E-state index in [0.29, 0.717) is 0 Å². The minimum Gasteiger partial charge on any atom is -0.459 e. The first-order valence-corrected chi connectivity index (χ1v) is 10.4. The molecule has 0 aromatic carbocycles. The number of alkyl halides is 2. The van der Waals surface area contributed by atoms with Gasteiger partial charge in [-0.1, -0.05) is 20.5 Å². The predicted octanol–water partition coefficient (Wildman–Crippen LogP) is 2.71. The number of carbonyl (C=O) groups is 2. The van der Waals surface area contributed by atoms with Crippen molar-refractivity contribution in [2.24, 2.45) is 20.5 Å². The Balaban J connectivity index is 2.54. The van der Waals surface area contributed by atoms with E-state index in [4.69, 9.17) is 41.1 Å². The molecular weight excluding hydrogens is 510 g/mol. The Morgan fingerprint density at radius 2 is 1.54 bits per heavy atom. The van der Waals surface area contributed by atoms with Crippen LogP contribution in [-0.2, 0) is 28.5 Å². The molecule has 1 N–H and O–H groups in total. The van der Waals surface area contributed by atoms with E-state index in [1.165, 1.54) is 0 Å². The van der Waals surface area contributed by atoms with Gasteiger partial charge in [-0.15, -0.1) is 0 Å². The van der Waals surface area contributed by atoms with E-state index < -0.39 is 79.3 Å². The smallest absolute Gasteiger partial charge is 0.310 e. The highest BCUT2D eigenvalue weighted by Crippen LogP contribution is 2.41. The summed E-state index contributed by atoms with van der Waals surface area (Å²) in [5, 5.41) is 24.1. The molecule has 0 aromatic heterocycles. The van der Waals surface area contributed by atoms with Crippen LogP contribution in [-0.4, -0.2) is 84.4 Å². The highest BCUT2D eigenvalue weighted by Gasteiger charge is 2.61. The van der Waals surface area contributed by atoms with E-state index in [9.17, 15) is 14.7 Å². The van der Waals surface area contributed by atoms with E-state index in [1.807, 2.05) is 0 Å². The molecule has 1 heterocycles. The average molecular weight is 530 g/mol. The van der Waals surface area contributed by atoms with Gasteiger partial charge in [0, 0.05) is 33.5 Å². The quantitative estimate of drug-likeness (QED) is 0.201. The number of halogens is 2. The standard InChI is InChI=1S/C16H20F2N12O7/c1-5(31)34-12-7(24-28-20)3-8(25-29-21)13(11(12)33)37-15-10(26-30-22)14(35-6(2)32)16(17,18)9(36-15)4-23-27-19/h7-15,33H,3-4H2,1-2H3. The molecule has 9 unspecified atom stereocenters. The second-order valence-electron chi connectivity index (χ2n) is 7.75. The highest BCUT2D eigenvalue weighted by molar-refractivity contribution is 5.66. The Kier molecular flexibility index (Phi) is 10.0. The van der Waals surface area contributed by atoms with Crippen LogP contribution < -0.4 is 0 Å². The van der Waals surface area contributed by atoms with E-state index in [0.717, 1.165) is 13.8 Å². The first kappa shape index (κ1) is 29.2. The molecule has 0 aromatic rings. The van der Waals surface area contributed by atoms with Gasteiger partial charge >= 0.3 is 17.9 Å². The third-order valence-corrected chi connectivity index (χ3v) is 5.39. The number of ether oxygens (including phenoxy) is 4. The second kappa shape index (κ2) is 12.8. The maximum Gasteiger partial charge on any atom is 0.310 e. The summed E-state index contributed by atoms with van der Waals surface area (Å²) in [6.07, 6.45) is -12.1. The maximum atomic E-state index is 15.1. The van der Waals surface area contributed by atoms with Gasteiger partial charge < -0.3 is 24.1 Å². The number of hydrogen-bond acceptors (Lipinski definition) is 11. The molecule has 200 valence electrons. The van der Waals surface area contributed by atoms with Crippen LogP contribution >= 0.6 is 0 Å². The lowest BCUT2D eigenvalue weighted by Gasteiger charge is -2.47. The zero-order valence-corrected chi connectivity index (χ0v) is 19.1. The Morgan fingerprint density at radius 3 is 2.05 bits per heavy atom. The molecule has 19 nitrogen and oxygen atoms in total. The van der Waals surface area contributed by atoms with Crippen LogP contribution in [0.1, 0.15) is 20.3 Å². The van der Waals surface area contributed by atoms with Crippen molar-refractivity contribution in [3.05, 3.63) is 41.8 Å². The van der Waals surface area contributed by atoms with E-state index in [-0.39, 0.29) is 6.42 Å². The van der Waals surface area contributed by atoms with Crippen molar-refractivity contribution in [2.75, 3.05) is 6.54 Å². The molecule has 37 heavy (non-hydrogen) atoms. The molecule has 2 fully saturated rings. The fourth-order valence-electron chi connectivity index (χ4n) is 3.96. The molecule has 1 aliphatic carbocycles. The summed E-state index contributed by atoms with van der Waals surface area (Å²) in [6.45, 7) is 0.856. The van der Waals surface area contributed by atoms with Crippen LogP contribution in [0.25, 0.3) is 41.8 Å². The number of esters is 2.